The van der Waals surface area contributed by atoms with E-state index in [2.05, 4.69) is 15.8 Å². The molecule has 0 saturated carbocycles. The molecule has 0 heterocycles. The Hall–Kier alpha value is -4.17. The molecule has 0 spiro atoms. The highest BCUT2D eigenvalue weighted by Crippen LogP contribution is 2.28. The fraction of sp³-hybridized carbons (Fsp3) is 0.120. The van der Waals surface area contributed by atoms with Crippen molar-refractivity contribution in [1.29, 1.82) is 0 Å². The number of benzene rings is 3. The summed E-state index contributed by atoms with van der Waals surface area (Å²) in [5, 5.41) is 6.82. The van der Waals surface area contributed by atoms with Gasteiger partial charge in [0.1, 0.15) is 0 Å². The van der Waals surface area contributed by atoms with E-state index in [9.17, 15) is 14.4 Å². The fourth-order valence-electron chi connectivity index (χ4n) is 2.82. The topological polar surface area (TPSA) is 106 Å². The van der Waals surface area contributed by atoms with Crippen molar-refractivity contribution in [2.45, 2.75) is 13.8 Å². The maximum Gasteiger partial charge on any atom is 0.343 e. The van der Waals surface area contributed by atoms with Gasteiger partial charge < -0.3 is 14.8 Å². The Kier molecular flexibility index (Phi) is 8.00. The molecule has 0 saturated heterocycles. The summed E-state index contributed by atoms with van der Waals surface area (Å²) in [7, 11) is 1.43. The molecule has 8 nitrogen and oxygen atoms in total. The van der Waals surface area contributed by atoms with Crippen LogP contribution in [-0.2, 0) is 9.59 Å². The first-order valence-corrected chi connectivity index (χ1v) is 10.5. The summed E-state index contributed by atoms with van der Waals surface area (Å²) in [5.41, 5.74) is 5.63. The molecular weight excluding hydrogens is 458 g/mol. The number of carbonyl (C=O) groups is 3. The van der Waals surface area contributed by atoms with Crippen molar-refractivity contribution in [1.82, 2.24) is 5.43 Å². The summed E-state index contributed by atoms with van der Waals surface area (Å²) < 4.78 is 10.7. The van der Waals surface area contributed by atoms with Gasteiger partial charge >= 0.3 is 17.8 Å². The van der Waals surface area contributed by atoms with Crippen molar-refractivity contribution in [3.8, 4) is 11.5 Å². The zero-order chi connectivity index (χ0) is 24.7. The second-order valence-corrected chi connectivity index (χ2v) is 7.70. The zero-order valence-corrected chi connectivity index (χ0v) is 19.5. The van der Waals surface area contributed by atoms with Gasteiger partial charge in [0, 0.05) is 10.7 Å². The lowest BCUT2D eigenvalue weighted by Crippen LogP contribution is -2.32. The van der Waals surface area contributed by atoms with Crippen molar-refractivity contribution in [3.05, 3.63) is 87.9 Å². The monoisotopic (exact) mass is 479 g/mol. The van der Waals surface area contributed by atoms with Gasteiger partial charge in [0.15, 0.2) is 11.5 Å². The van der Waals surface area contributed by atoms with E-state index in [1.807, 2.05) is 19.9 Å². The summed E-state index contributed by atoms with van der Waals surface area (Å²) in [6, 6.07) is 16.3. The summed E-state index contributed by atoms with van der Waals surface area (Å²) in [5.74, 6) is -1.85. The molecule has 0 aliphatic carbocycles. The van der Waals surface area contributed by atoms with Crippen molar-refractivity contribution in [2.75, 3.05) is 12.4 Å². The van der Waals surface area contributed by atoms with Crippen molar-refractivity contribution >= 4 is 41.3 Å². The van der Waals surface area contributed by atoms with Crippen LogP contribution in [-0.4, -0.2) is 31.1 Å². The molecule has 0 bridgehead atoms. The highest BCUT2D eigenvalue weighted by molar-refractivity contribution is 6.39. The van der Waals surface area contributed by atoms with Gasteiger partial charge in [0.2, 0.25) is 0 Å². The Labute approximate surface area is 201 Å². The highest BCUT2D eigenvalue weighted by Gasteiger charge is 2.14. The van der Waals surface area contributed by atoms with Gasteiger partial charge in [0.05, 0.1) is 18.9 Å². The molecule has 0 radical (unpaired) electrons. The van der Waals surface area contributed by atoms with Gasteiger partial charge in [0.25, 0.3) is 0 Å². The van der Waals surface area contributed by atoms with E-state index in [0.717, 1.165) is 11.1 Å². The van der Waals surface area contributed by atoms with Crippen LogP contribution in [0.4, 0.5) is 5.69 Å². The molecule has 3 rings (SSSR count). The number of halogens is 1. The van der Waals surface area contributed by atoms with Crippen LogP contribution in [0, 0.1) is 13.8 Å². The Bertz CT molecular complexity index is 1260. The van der Waals surface area contributed by atoms with E-state index in [4.69, 9.17) is 21.1 Å². The summed E-state index contributed by atoms with van der Waals surface area (Å²) in [6.45, 7) is 3.86. The number of ether oxygens (including phenoxy) is 2. The molecule has 174 valence electrons. The van der Waals surface area contributed by atoms with E-state index in [-0.39, 0.29) is 11.5 Å². The van der Waals surface area contributed by atoms with Gasteiger partial charge in [-0.3, -0.25) is 9.59 Å². The number of hydrogen-bond donors (Lipinski definition) is 2. The normalized spacial score (nSPS) is 10.6. The summed E-state index contributed by atoms with van der Waals surface area (Å²) in [4.78, 5) is 36.4. The molecule has 0 unspecified atom stereocenters. The second kappa shape index (κ2) is 11.1. The molecule has 3 aromatic carbocycles. The van der Waals surface area contributed by atoms with Crippen molar-refractivity contribution < 1.29 is 23.9 Å². The second-order valence-electron chi connectivity index (χ2n) is 7.26. The third kappa shape index (κ3) is 6.43. The van der Waals surface area contributed by atoms with Gasteiger partial charge in [-0.25, -0.2) is 10.2 Å². The molecule has 0 aliphatic heterocycles. The predicted octanol–water partition coefficient (Wildman–Crippen LogP) is 4.27. The quantitative estimate of drug-likeness (QED) is 0.180. The first-order valence-electron chi connectivity index (χ1n) is 10.1. The van der Waals surface area contributed by atoms with Crippen LogP contribution in [0.25, 0.3) is 0 Å². The Morgan fingerprint density at radius 2 is 1.62 bits per heavy atom. The van der Waals surface area contributed by atoms with Crippen molar-refractivity contribution in [3.63, 3.8) is 0 Å². The number of rotatable bonds is 6. The number of anilines is 1. The average Bonchev–Trinajstić information content (AvgIpc) is 2.82. The lowest BCUT2D eigenvalue weighted by Gasteiger charge is -2.10. The van der Waals surface area contributed by atoms with Gasteiger partial charge in [-0.2, -0.15) is 5.10 Å². The maximum absolute atomic E-state index is 12.3. The fourth-order valence-corrected chi connectivity index (χ4v) is 2.94. The van der Waals surface area contributed by atoms with Crippen LogP contribution in [0.2, 0.25) is 5.02 Å². The van der Waals surface area contributed by atoms with Crippen LogP contribution >= 0.6 is 11.6 Å². The molecule has 0 aromatic heterocycles. The first-order chi connectivity index (χ1) is 16.3. The van der Waals surface area contributed by atoms with E-state index in [1.165, 1.54) is 19.4 Å². The lowest BCUT2D eigenvalue weighted by molar-refractivity contribution is -0.136. The highest BCUT2D eigenvalue weighted by atomic mass is 35.5. The van der Waals surface area contributed by atoms with Crippen LogP contribution in [0.15, 0.2) is 65.8 Å². The number of amides is 2. The number of nitrogens with one attached hydrogen (secondary N) is 2. The van der Waals surface area contributed by atoms with E-state index in [0.29, 0.717) is 21.8 Å². The molecule has 34 heavy (non-hydrogen) atoms. The van der Waals surface area contributed by atoms with Crippen LogP contribution in [0.5, 0.6) is 11.5 Å². The molecule has 0 aliphatic rings. The SMILES string of the molecule is COc1cc(/C=N/NC(=O)C(=O)Nc2ccc(C)c(C)c2)ccc1OC(=O)c1ccc(Cl)cc1. The Balaban J connectivity index is 1.60. The number of esters is 1. The summed E-state index contributed by atoms with van der Waals surface area (Å²) in [6.07, 6.45) is 1.33. The lowest BCUT2D eigenvalue weighted by atomic mass is 10.1. The predicted molar refractivity (Wildman–Crippen MR) is 130 cm³/mol. The molecular formula is C25H22ClN3O5. The van der Waals surface area contributed by atoms with Crippen LogP contribution in [0.3, 0.4) is 0 Å². The van der Waals surface area contributed by atoms with Crippen LogP contribution < -0.4 is 20.2 Å². The number of nitrogens with zero attached hydrogens (tertiary/aromatic N) is 1. The first kappa shape index (κ1) is 24.5. The minimum atomic E-state index is -0.921. The molecule has 3 aromatic rings. The minimum Gasteiger partial charge on any atom is -0.493 e. The van der Waals surface area contributed by atoms with E-state index >= 15 is 0 Å². The third-order valence-corrected chi connectivity index (χ3v) is 5.07. The summed E-state index contributed by atoms with van der Waals surface area (Å²) >= 11 is 5.83. The number of carbonyl (C=O) groups excluding carboxylic acids is 3. The zero-order valence-electron chi connectivity index (χ0n) is 18.7. The van der Waals surface area contributed by atoms with Gasteiger partial charge in [-0.1, -0.05) is 17.7 Å². The smallest absolute Gasteiger partial charge is 0.343 e. The maximum atomic E-state index is 12.3. The molecule has 2 amide bonds. The number of hydrazone groups is 1. The van der Waals surface area contributed by atoms with Crippen LogP contribution in [0.1, 0.15) is 27.0 Å². The van der Waals surface area contributed by atoms with E-state index < -0.39 is 17.8 Å². The van der Waals surface area contributed by atoms with E-state index in [1.54, 1.807) is 48.5 Å². The largest absolute Gasteiger partial charge is 0.493 e. The molecule has 0 atom stereocenters. The third-order valence-electron chi connectivity index (χ3n) is 4.82. The number of aryl methyl sites for hydroxylation is 2. The van der Waals surface area contributed by atoms with Gasteiger partial charge in [-0.05, 0) is 85.1 Å². The van der Waals surface area contributed by atoms with Crippen molar-refractivity contribution in [2.24, 2.45) is 5.10 Å². The molecule has 2 N–H and O–H groups in total. The minimum absolute atomic E-state index is 0.205. The number of hydrogen-bond acceptors (Lipinski definition) is 6. The molecule has 0 fully saturated rings. The Morgan fingerprint density at radius 3 is 2.29 bits per heavy atom. The number of methoxy groups -OCH3 is 1. The molecule has 9 heteroatoms. The Morgan fingerprint density at radius 1 is 0.882 bits per heavy atom. The standard InChI is InChI=1S/C25H22ClN3O5/c1-15-4-10-20(12-16(15)2)28-23(30)24(31)29-27-14-17-5-11-21(22(13-17)33-3)34-25(32)18-6-8-19(26)9-7-18/h4-14H,1-3H3,(H,28,30)(H,29,31)/b27-14+. The average molecular weight is 480 g/mol. The van der Waals surface area contributed by atoms with Gasteiger partial charge in [-0.15, -0.1) is 0 Å².